The van der Waals surface area contributed by atoms with E-state index in [4.69, 9.17) is 16.6 Å². The fourth-order valence-electron chi connectivity index (χ4n) is 4.04. The number of ketones is 1. The molecule has 0 aromatic heterocycles. The van der Waals surface area contributed by atoms with Crippen molar-refractivity contribution in [3.05, 3.63) is 12.2 Å². The number of carboxylic acids is 1. The number of hydrogen-bond donors (Lipinski definition) is 5. The number of unbranched alkanes of at least 4 members (excludes halogenated alkanes) is 5. The van der Waals surface area contributed by atoms with Crippen LogP contribution in [0.4, 0.5) is 0 Å². The monoisotopic (exact) mass is 442 g/mol. The molecule has 0 unspecified atom stereocenters. The molecule has 0 aliphatic heterocycles. The molecule has 0 heterocycles. The van der Waals surface area contributed by atoms with Gasteiger partial charge >= 0.3 is 5.97 Å². The first-order chi connectivity index (χ1) is 14.9. The van der Waals surface area contributed by atoms with Crippen molar-refractivity contribution in [1.82, 2.24) is 0 Å². The first-order valence-corrected chi connectivity index (χ1v) is 12.1. The first kappa shape index (κ1) is 29.7. The van der Waals surface area contributed by atoms with Gasteiger partial charge in [-0.05, 0) is 70.4 Å². The summed E-state index contributed by atoms with van der Waals surface area (Å²) in [4.78, 5) is 22.5. The molecule has 7 nitrogen and oxygen atoms in total. The average Bonchev–Trinajstić information content (AvgIpc) is 3.00. The summed E-state index contributed by atoms with van der Waals surface area (Å²) >= 11 is 0. The van der Waals surface area contributed by atoms with Gasteiger partial charge in [-0.3, -0.25) is 4.79 Å². The predicted molar refractivity (Wildman–Crippen MR) is 125 cm³/mol. The number of nitrogens with two attached hydrogens (primary N) is 2. The van der Waals surface area contributed by atoms with E-state index in [2.05, 4.69) is 6.92 Å². The van der Waals surface area contributed by atoms with Crippen molar-refractivity contribution in [3.8, 4) is 0 Å². The molecule has 1 rings (SSSR count). The number of allylic oxidation sites excluding steroid dienone is 1. The van der Waals surface area contributed by atoms with E-state index < -0.39 is 12.1 Å². The van der Waals surface area contributed by atoms with Crippen LogP contribution < -0.4 is 11.5 Å². The highest BCUT2D eigenvalue weighted by Crippen LogP contribution is 2.36. The van der Waals surface area contributed by atoms with E-state index in [1.54, 1.807) is 6.08 Å². The average molecular weight is 443 g/mol. The number of carbonyl (C=O) groups excluding carboxylic acids is 1. The number of Topliss-reactive ketones (excluding diaryl/α,β-unsaturated/α-hetero) is 1. The largest absolute Gasteiger partial charge is 0.478 e. The standard InChI is InChI=1S/C20H34O5.C4H12N2/c1-2-3-6-9-15(21)12-13-17-16(18(22)14-19(17)23)10-7-4-5-8-11-20(24)25;5-3-1-2-4-6/h8,11,15-17,19,21,23H,2-7,9-10,12-14H2,1H3,(H,24,25);1-6H2/t15-,16+,17+,19+;/m0./s1. The van der Waals surface area contributed by atoms with Crippen LogP contribution in [-0.2, 0) is 9.59 Å². The maximum absolute atomic E-state index is 12.1. The van der Waals surface area contributed by atoms with Crippen LogP contribution in [0.15, 0.2) is 12.2 Å². The number of aliphatic carboxylic acids is 1. The van der Waals surface area contributed by atoms with Gasteiger partial charge in [-0.15, -0.1) is 0 Å². The highest BCUT2D eigenvalue weighted by atomic mass is 16.4. The Hall–Kier alpha value is -1.28. The minimum atomic E-state index is -0.938. The van der Waals surface area contributed by atoms with Crippen molar-refractivity contribution in [3.63, 3.8) is 0 Å². The summed E-state index contributed by atoms with van der Waals surface area (Å²) in [6, 6.07) is 0. The van der Waals surface area contributed by atoms with Gasteiger partial charge in [-0.25, -0.2) is 4.79 Å². The summed E-state index contributed by atoms with van der Waals surface area (Å²) in [7, 11) is 0. The second-order valence-corrected chi connectivity index (χ2v) is 8.54. The van der Waals surface area contributed by atoms with Crippen LogP contribution in [-0.4, -0.2) is 52.4 Å². The van der Waals surface area contributed by atoms with Gasteiger partial charge in [-0.2, -0.15) is 0 Å². The van der Waals surface area contributed by atoms with Crippen molar-refractivity contribution >= 4 is 11.8 Å². The van der Waals surface area contributed by atoms with Crippen LogP contribution in [0.25, 0.3) is 0 Å². The van der Waals surface area contributed by atoms with E-state index >= 15 is 0 Å². The molecule has 182 valence electrons. The van der Waals surface area contributed by atoms with Crippen LogP contribution in [0, 0.1) is 11.8 Å². The molecule has 0 bridgehead atoms. The van der Waals surface area contributed by atoms with E-state index in [-0.39, 0.29) is 30.1 Å². The lowest BCUT2D eigenvalue weighted by Crippen LogP contribution is -2.22. The topological polar surface area (TPSA) is 147 Å². The normalized spacial score (nSPS) is 21.8. The molecule has 0 aromatic carbocycles. The quantitative estimate of drug-likeness (QED) is 0.182. The lowest BCUT2D eigenvalue weighted by Gasteiger charge is -2.22. The summed E-state index contributed by atoms with van der Waals surface area (Å²) in [6.07, 6.45) is 12.8. The zero-order chi connectivity index (χ0) is 23.5. The Bertz CT molecular complexity index is 494. The maximum Gasteiger partial charge on any atom is 0.327 e. The minimum Gasteiger partial charge on any atom is -0.478 e. The summed E-state index contributed by atoms with van der Waals surface area (Å²) in [5, 5.41) is 28.8. The molecule has 1 saturated carbocycles. The zero-order valence-electron chi connectivity index (χ0n) is 19.4. The van der Waals surface area contributed by atoms with E-state index in [9.17, 15) is 19.8 Å². The molecule has 1 aliphatic carbocycles. The third kappa shape index (κ3) is 15.2. The van der Waals surface area contributed by atoms with Gasteiger partial charge < -0.3 is 26.8 Å². The molecule has 7 heteroatoms. The minimum absolute atomic E-state index is 0.0390. The van der Waals surface area contributed by atoms with Crippen LogP contribution in [0.2, 0.25) is 0 Å². The number of hydrogen-bond acceptors (Lipinski definition) is 6. The van der Waals surface area contributed by atoms with E-state index in [1.165, 1.54) is 0 Å². The van der Waals surface area contributed by atoms with Gasteiger partial charge in [0.25, 0.3) is 0 Å². The SMILES string of the molecule is CCCCC[C@H](O)CC[C@H]1[C@H](O)CC(=O)[C@@H]1CCCCC=CC(=O)O.NCCCCN. The molecule has 0 saturated heterocycles. The van der Waals surface area contributed by atoms with Gasteiger partial charge in [0.2, 0.25) is 0 Å². The van der Waals surface area contributed by atoms with Crippen LogP contribution in [0.3, 0.4) is 0 Å². The molecular weight excluding hydrogens is 396 g/mol. The lowest BCUT2D eigenvalue weighted by molar-refractivity contribution is -0.131. The molecule has 0 spiro atoms. The Morgan fingerprint density at radius 3 is 2.32 bits per heavy atom. The van der Waals surface area contributed by atoms with Crippen molar-refractivity contribution in [2.45, 2.75) is 103 Å². The summed E-state index contributed by atoms with van der Waals surface area (Å²) in [5.41, 5.74) is 10.3. The Morgan fingerprint density at radius 1 is 1.06 bits per heavy atom. The number of carboxylic acid groups (broad SMARTS) is 1. The van der Waals surface area contributed by atoms with Crippen LogP contribution >= 0.6 is 0 Å². The molecule has 4 atom stereocenters. The van der Waals surface area contributed by atoms with Gasteiger partial charge in [0, 0.05) is 18.4 Å². The number of aliphatic hydroxyl groups excluding tert-OH is 2. The molecule has 0 amide bonds. The van der Waals surface area contributed by atoms with E-state index in [0.717, 1.165) is 77.0 Å². The van der Waals surface area contributed by atoms with E-state index in [0.29, 0.717) is 19.3 Å². The number of rotatable bonds is 16. The molecule has 31 heavy (non-hydrogen) atoms. The summed E-state index contributed by atoms with van der Waals surface area (Å²) < 4.78 is 0. The molecule has 0 aromatic rings. The van der Waals surface area contributed by atoms with Gasteiger partial charge in [0.05, 0.1) is 12.2 Å². The first-order valence-electron chi connectivity index (χ1n) is 12.1. The Kier molecular flexibility index (Phi) is 18.6. The van der Waals surface area contributed by atoms with Crippen molar-refractivity contribution < 1.29 is 24.9 Å². The van der Waals surface area contributed by atoms with Crippen molar-refractivity contribution in [2.75, 3.05) is 13.1 Å². The molecule has 1 aliphatic rings. The highest BCUT2D eigenvalue weighted by molar-refractivity contribution is 5.84. The summed E-state index contributed by atoms with van der Waals surface area (Å²) in [5.74, 6) is -0.949. The van der Waals surface area contributed by atoms with Crippen LogP contribution in [0.1, 0.15) is 90.4 Å². The zero-order valence-corrected chi connectivity index (χ0v) is 19.4. The van der Waals surface area contributed by atoms with Gasteiger partial charge in [0.1, 0.15) is 5.78 Å². The Balaban J connectivity index is 0.00000131. The number of aliphatic hydroxyl groups is 2. The van der Waals surface area contributed by atoms with Gasteiger partial charge in [-0.1, -0.05) is 38.7 Å². The maximum atomic E-state index is 12.1. The number of carbonyl (C=O) groups is 2. The van der Waals surface area contributed by atoms with E-state index in [1.807, 2.05) is 0 Å². The lowest BCUT2D eigenvalue weighted by atomic mass is 9.85. The van der Waals surface area contributed by atoms with Gasteiger partial charge in [0.15, 0.2) is 0 Å². The fourth-order valence-corrected chi connectivity index (χ4v) is 4.04. The second-order valence-electron chi connectivity index (χ2n) is 8.54. The van der Waals surface area contributed by atoms with Crippen molar-refractivity contribution in [1.29, 1.82) is 0 Å². The molecular formula is C24H46N2O5. The second kappa shape index (κ2) is 19.4. The Morgan fingerprint density at radius 2 is 1.74 bits per heavy atom. The predicted octanol–water partition coefficient (Wildman–Crippen LogP) is 3.16. The molecule has 0 radical (unpaired) electrons. The highest BCUT2D eigenvalue weighted by Gasteiger charge is 2.40. The third-order valence-electron chi connectivity index (χ3n) is 5.86. The van der Waals surface area contributed by atoms with Crippen molar-refractivity contribution in [2.24, 2.45) is 23.3 Å². The summed E-state index contributed by atoms with van der Waals surface area (Å²) in [6.45, 7) is 3.68. The smallest absolute Gasteiger partial charge is 0.327 e. The fraction of sp³-hybridized carbons (Fsp3) is 0.833. The Labute approximate surface area is 188 Å². The van der Waals surface area contributed by atoms with Crippen LogP contribution in [0.5, 0.6) is 0 Å². The third-order valence-corrected chi connectivity index (χ3v) is 5.86. The molecule has 7 N–H and O–H groups in total. The molecule has 1 fully saturated rings.